The molecule has 1 atom stereocenters. The van der Waals surface area contributed by atoms with Crippen LogP contribution in [-0.4, -0.2) is 35.2 Å². The van der Waals surface area contributed by atoms with Crippen molar-refractivity contribution >= 4 is 6.09 Å². The molecule has 1 heterocycles. The molecule has 1 rings (SSSR count). The molecule has 0 aromatic carbocycles. The number of unbranched alkanes of at least 4 members (excludes halogenated alkanes) is 20. The second kappa shape index (κ2) is 21.3. The molecule has 1 unspecified atom stereocenters. The van der Waals surface area contributed by atoms with E-state index >= 15 is 0 Å². The van der Waals surface area contributed by atoms with Crippen LogP contribution in [-0.2, 0) is 0 Å². The van der Waals surface area contributed by atoms with Gasteiger partial charge in [-0.1, -0.05) is 136 Å². The first-order chi connectivity index (χ1) is 16.6. The standard InChI is InChI=1S/C30H58N2O2/c1-3-5-7-9-11-12-13-14-15-16-17-18-19-20-21-23-25-31-26-28-32(29-31,30(33)34)27-24-22-10-8-6-4-2/h26,28H,3-25,27,29H2,1-2H3. The predicted molar refractivity (Wildman–Crippen MR) is 144 cm³/mol. The molecular formula is C30H58N2O2. The molecule has 4 nitrogen and oxygen atoms in total. The number of carboxylic acid groups (broad SMARTS) is 1. The Morgan fingerprint density at radius 2 is 1.03 bits per heavy atom. The molecule has 0 fully saturated rings. The maximum Gasteiger partial charge on any atom is 0.263 e. The van der Waals surface area contributed by atoms with Crippen LogP contribution in [0.5, 0.6) is 0 Å². The minimum absolute atomic E-state index is 0.00731. The fraction of sp³-hybridized carbons (Fsp3) is 0.900. The predicted octanol–water partition coefficient (Wildman–Crippen LogP) is 8.51. The average Bonchev–Trinajstić information content (AvgIpc) is 3.25. The van der Waals surface area contributed by atoms with Gasteiger partial charge in [0, 0.05) is 6.54 Å². The molecule has 1 amide bonds. The van der Waals surface area contributed by atoms with Gasteiger partial charge in [-0.15, -0.1) is 0 Å². The van der Waals surface area contributed by atoms with Crippen molar-refractivity contribution in [1.82, 2.24) is 4.90 Å². The molecule has 1 aliphatic heterocycles. The fourth-order valence-corrected chi connectivity index (χ4v) is 5.18. The van der Waals surface area contributed by atoms with Crippen LogP contribution in [0, 0.1) is 0 Å². The molecule has 0 spiro atoms. The summed E-state index contributed by atoms with van der Waals surface area (Å²) in [6.07, 6.45) is 32.1. The van der Waals surface area contributed by atoms with E-state index in [1.54, 1.807) is 0 Å². The van der Waals surface area contributed by atoms with E-state index in [1.165, 1.54) is 122 Å². The smallest absolute Gasteiger partial charge is 0.263 e. The summed E-state index contributed by atoms with van der Waals surface area (Å²) >= 11 is 0. The summed E-state index contributed by atoms with van der Waals surface area (Å²) in [6.45, 7) is 6.70. The molecule has 34 heavy (non-hydrogen) atoms. The molecule has 1 aliphatic rings. The number of carbonyl (C=O) groups is 1. The number of nitrogens with zero attached hydrogens (tertiary/aromatic N) is 2. The average molecular weight is 479 g/mol. The third-order valence-corrected chi connectivity index (χ3v) is 7.57. The first-order valence-electron chi connectivity index (χ1n) is 15.2. The summed E-state index contributed by atoms with van der Waals surface area (Å²) in [4.78, 5) is 14.0. The van der Waals surface area contributed by atoms with Crippen molar-refractivity contribution < 1.29 is 14.4 Å². The summed E-state index contributed by atoms with van der Waals surface area (Å²) in [5.41, 5.74) is 0. The fourth-order valence-electron chi connectivity index (χ4n) is 5.18. The lowest BCUT2D eigenvalue weighted by Crippen LogP contribution is -2.56. The van der Waals surface area contributed by atoms with Gasteiger partial charge in [0.1, 0.15) is 6.20 Å². The Bertz CT molecular complexity index is 508. The zero-order valence-corrected chi connectivity index (χ0v) is 23.0. The summed E-state index contributed by atoms with van der Waals surface area (Å²) in [6, 6.07) is 0. The van der Waals surface area contributed by atoms with Gasteiger partial charge in [-0.25, -0.2) is 4.48 Å². The van der Waals surface area contributed by atoms with Gasteiger partial charge in [0.25, 0.3) is 6.09 Å². The zero-order valence-electron chi connectivity index (χ0n) is 23.0. The largest absolute Gasteiger partial charge is 0.498 e. The Morgan fingerprint density at radius 3 is 1.44 bits per heavy atom. The molecule has 0 aliphatic carbocycles. The van der Waals surface area contributed by atoms with E-state index < -0.39 is 6.09 Å². The van der Waals surface area contributed by atoms with Gasteiger partial charge in [-0.05, 0) is 19.3 Å². The van der Waals surface area contributed by atoms with E-state index in [1.807, 2.05) is 12.4 Å². The van der Waals surface area contributed by atoms with Crippen molar-refractivity contribution in [3.05, 3.63) is 12.4 Å². The minimum Gasteiger partial charge on any atom is -0.498 e. The minimum atomic E-state index is -0.945. The first kappa shape index (κ1) is 31.0. The van der Waals surface area contributed by atoms with Crippen LogP contribution >= 0.6 is 0 Å². The first-order valence-corrected chi connectivity index (χ1v) is 15.2. The Balaban J connectivity index is 1.94. The van der Waals surface area contributed by atoms with Crippen LogP contribution in [0.2, 0.25) is 0 Å². The van der Waals surface area contributed by atoms with Crippen molar-refractivity contribution in [2.75, 3.05) is 19.8 Å². The summed E-state index contributed by atoms with van der Waals surface area (Å²) in [5.74, 6) is 0. The van der Waals surface area contributed by atoms with Crippen molar-refractivity contribution in [2.24, 2.45) is 0 Å². The van der Waals surface area contributed by atoms with Crippen molar-refractivity contribution in [3.63, 3.8) is 0 Å². The van der Waals surface area contributed by atoms with Gasteiger partial charge in [0.05, 0.1) is 12.7 Å². The van der Waals surface area contributed by atoms with Crippen molar-refractivity contribution in [1.29, 1.82) is 0 Å². The van der Waals surface area contributed by atoms with Gasteiger partial charge in [-0.3, -0.25) is 0 Å². The quantitative estimate of drug-likeness (QED) is 0.103. The lowest BCUT2D eigenvalue weighted by molar-refractivity contribution is -0.830. The van der Waals surface area contributed by atoms with Gasteiger partial charge in [0.15, 0.2) is 6.67 Å². The zero-order chi connectivity index (χ0) is 24.7. The van der Waals surface area contributed by atoms with Crippen LogP contribution in [0.1, 0.15) is 155 Å². The summed E-state index contributed by atoms with van der Waals surface area (Å²) < 4.78 is -0.00731. The van der Waals surface area contributed by atoms with Crippen LogP contribution < -0.4 is 5.11 Å². The van der Waals surface area contributed by atoms with Crippen LogP contribution in [0.25, 0.3) is 0 Å². The Hall–Kier alpha value is -1.03. The molecule has 0 N–H and O–H groups in total. The highest BCUT2D eigenvalue weighted by Crippen LogP contribution is 2.21. The van der Waals surface area contributed by atoms with Gasteiger partial charge >= 0.3 is 0 Å². The van der Waals surface area contributed by atoms with Gasteiger partial charge < -0.3 is 14.8 Å². The SMILES string of the molecule is CCCCCCCCCCCCCCCCCCN1C=C[N+](CCCCCCCC)(C(=O)[O-])C1. The van der Waals surface area contributed by atoms with E-state index in [9.17, 15) is 9.90 Å². The number of amides is 1. The third kappa shape index (κ3) is 15.1. The van der Waals surface area contributed by atoms with Crippen LogP contribution in [0.4, 0.5) is 4.79 Å². The van der Waals surface area contributed by atoms with E-state index in [4.69, 9.17) is 0 Å². The van der Waals surface area contributed by atoms with E-state index in [0.29, 0.717) is 13.2 Å². The third-order valence-electron chi connectivity index (χ3n) is 7.57. The van der Waals surface area contributed by atoms with E-state index in [0.717, 1.165) is 25.8 Å². The molecular weight excluding hydrogens is 420 g/mol. The normalized spacial score (nSPS) is 17.6. The lowest BCUT2D eigenvalue weighted by Gasteiger charge is -2.32. The monoisotopic (exact) mass is 478 g/mol. The topological polar surface area (TPSA) is 43.4 Å². The highest BCUT2D eigenvalue weighted by molar-refractivity contribution is 5.55. The Kier molecular flexibility index (Phi) is 19.4. The number of hydrogen-bond acceptors (Lipinski definition) is 3. The van der Waals surface area contributed by atoms with Crippen LogP contribution in [0.3, 0.4) is 0 Å². The van der Waals surface area contributed by atoms with E-state index in [-0.39, 0.29) is 4.48 Å². The van der Waals surface area contributed by atoms with Gasteiger partial charge in [0.2, 0.25) is 0 Å². The second-order valence-corrected chi connectivity index (χ2v) is 10.8. The van der Waals surface area contributed by atoms with E-state index in [2.05, 4.69) is 18.7 Å². The lowest BCUT2D eigenvalue weighted by atomic mass is 10.0. The molecule has 0 saturated carbocycles. The highest BCUT2D eigenvalue weighted by atomic mass is 16.4. The summed E-state index contributed by atoms with van der Waals surface area (Å²) in [7, 11) is 0. The molecule has 0 radical (unpaired) electrons. The highest BCUT2D eigenvalue weighted by Gasteiger charge is 2.33. The molecule has 0 bridgehead atoms. The number of quaternary nitrogens is 1. The van der Waals surface area contributed by atoms with Crippen molar-refractivity contribution in [2.45, 2.75) is 155 Å². The molecule has 0 saturated heterocycles. The summed E-state index contributed by atoms with van der Waals surface area (Å²) in [5, 5.41) is 11.8. The molecule has 0 aromatic rings. The maximum atomic E-state index is 11.8. The molecule has 200 valence electrons. The van der Waals surface area contributed by atoms with Gasteiger partial charge in [-0.2, -0.15) is 0 Å². The van der Waals surface area contributed by atoms with Crippen molar-refractivity contribution in [3.8, 4) is 0 Å². The second-order valence-electron chi connectivity index (χ2n) is 10.8. The Morgan fingerprint density at radius 1 is 0.647 bits per heavy atom. The molecule has 4 heteroatoms. The number of rotatable bonds is 24. The number of hydrogen-bond donors (Lipinski definition) is 0. The van der Waals surface area contributed by atoms with Crippen LogP contribution in [0.15, 0.2) is 12.4 Å². The molecule has 0 aromatic heterocycles. The Labute approximate surface area is 212 Å². The number of carbonyl (C=O) groups excluding carboxylic acids is 1. The maximum absolute atomic E-state index is 11.8.